The average Bonchev–Trinajstić information content (AvgIpc) is 2.41. The molecule has 2 rings (SSSR count). The van der Waals surface area contributed by atoms with Crippen LogP contribution in [-0.4, -0.2) is 10.1 Å². The van der Waals surface area contributed by atoms with Gasteiger partial charge in [0, 0.05) is 10.0 Å². The van der Waals surface area contributed by atoms with Crippen molar-refractivity contribution in [2.24, 2.45) is 11.8 Å². The summed E-state index contributed by atoms with van der Waals surface area (Å²) in [5, 5.41) is 0. The summed E-state index contributed by atoms with van der Waals surface area (Å²) in [7, 11) is 0. The Morgan fingerprint density at radius 1 is 1.30 bits per heavy atom. The van der Waals surface area contributed by atoms with E-state index in [1.165, 1.54) is 0 Å². The number of rotatable bonds is 2. The molecule has 0 spiro atoms. The van der Waals surface area contributed by atoms with Crippen molar-refractivity contribution in [3.63, 3.8) is 0 Å². The van der Waals surface area contributed by atoms with Crippen molar-refractivity contribution < 1.29 is 4.79 Å². The van der Waals surface area contributed by atoms with Gasteiger partial charge < -0.3 is 0 Å². The van der Waals surface area contributed by atoms with Gasteiger partial charge in [0.1, 0.15) is 0 Å². The molecule has 1 aromatic carbocycles. The summed E-state index contributed by atoms with van der Waals surface area (Å²) in [6, 6.07) is 8.09. The van der Waals surface area contributed by atoms with E-state index in [1.54, 1.807) is 0 Å². The summed E-state index contributed by atoms with van der Waals surface area (Å²) in [5.74, 6) is 0.889. The molecular formula is C17H20Br2O. The summed E-state index contributed by atoms with van der Waals surface area (Å²) in [6.07, 6.45) is 4.02. The number of carbonyl (C=O) groups is 1. The number of hydrogen-bond donors (Lipinski definition) is 0. The summed E-state index contributed by atoms with van der Waals surface area (Å²) >= 11 is 7.16. The Kier molecular flexibility index (Phi) is 4.91. The Morgan fingerprint density at radius 2 is 1.90 bits per heavy atom. The maximum atomic E-state index is 12.8. The summed E-state index contributed by atoms with van der Waals surface area (Å²) in [5.41, 5.74) is 2.04. The van der Waals surface area contributed by atoms with E-state index < -0.39 is 0 Å². The van der Waals surface area contributed by atoms with E-state index in [0.717, 1.165) is 28.5 Å². The van der Waals surface area contributed by atoms with Crippen LogP contribution < -0.4 is 0 Å². The monoisotopic (exact) mass is 398 g/mol. The number of Topliss-reactive ketones (excluding diaryl/α,β-unsaturated/α-hetero) is 1. The molecule has 108 valence electrons. The van der Waals surface area contributed by atoms with Gasteiger partial charge in [-0.05, 0) is 48.4 Å². The zero-order chi connectivity index (χ0) is 14.9. The molecule has 20 heavy (non-hydrogen) atoms. The van der Waals surface area contributed by atoms with E-state index in [2.05, 4.69) is 58.7 Å². The van der Waals surface area contributed by atoms with Gasteiger partial charge in [-0.3, -0.25) is 4.79 Å². The lowest BCUT2D eigenvalue weighted by atomic mass is 9.73. The predicted molar refractivity (Wildman–Crippen MR) is 92.0 cm³/mol. The molecule has 0 radical (unpaired) electrons. The zero-order valence-electron chi connectivity index (χ0n) is 12.1. The van der Waals surface area contributed by atoms with E-state index >= 15 is 0 Å². The number of halogens is 2. The van der Waals surface area contributed by atoms with Crippen LogP contribution in [0.25, 0.3) is 6.08 Å². The summed E-state index contributed by atoms with van der Waals surface area (Å²) in [4.78, 5) is 12.8. The lowest BCUT2D eigenvalue weighted by Gasteiger charge is -2.38. The third-order valence-corrected chi connectivity index (χ3v) is 6.42. The van der Waals surface area contributed by atoms with Gasteiger partial charge in [0.05, 0.1) is 4.32 Å². The molecule has 0 bridgehead atoms. The second kappa shape index (κ2) is 6.15. The van der Waals surface area contributed by atoms with Crippen molar-refractivity contribution in [2.75, 3.05) is 0 Å². The Labute approximate surface area is 138 Å². The fourth-order valence-electron chi connectivity index (χ4n) is 2.66. The first kappa shape index (κ1) is 16.0. The van der Waals surface area contributed by atoms with E-state index in [9.17, 15) is 4.79 Å². The Balaban J connectivity index is 2.37. The van der Waals surface area contributed by atoms with Crippen LogP contribution in [0, 0.1) is 11.8 Å². The van der Waals surface area contributed by atoms with Gasteiger partial charge in [-0.2, -0.15) is 0 Å². The third kappa shape index (κ3) is 3.09. The molecule has 0 unspecified atom stereocenters. The van der Waals surface area contributed by atoms with Gasteiger partial charge >= 0.3 is 0 Å². The highest BCUT2D eigenvalue weighted by atomic mass is 79.9. The van der Waals surface area contributed by atoms with Crippen LogP contribution in [0.3, 0.4) is 0 Å². The molecule has 0 heterocycles. The third-order valence-electron chi connectivity index (χ3n) is 4.22. The van der Waals surface area contributed by atoms with Crippen molar-refractivity contribution in [3.8, 4) is 0 Å². The number of allylic oxidation sites excluding steroid dienone is 1. The van der Waals surface area contributed by atoms with Crippen LogP contribution in [0.5, 0.6) is 0 Å². The summed E-state index contributed by atoms with van der Waals surface area (Å²) < 4.78 is 0.667. The Bertz CT molecular complexity index is 530. The topological polar surface area (TPSA) is 17.1 Å². The molecule has 0 N–H and O–H groups in total. The number of alkyl halides is 1. The number of benzene rings is 1. The van der Waals surface area contributed by atoms with Gasteiger partial charge in [-0.15, -0.1) is 0 Å². The van der Waals surface area contributed by atoms with Crippen molar-refractivity contribution in [1.82, 2.24) is 0 Å². The number of carbonyl (C=O) groups excluding carboxylic acids is 1. The van der Waals surface area contributed by atoms with Crippen molar-refractivity contribution in [1.29, 1.82) is 0 Å². The Hall–Kier alpha value is -0.410. The molecular weight excluding hydrogens is 380 g/mol. The molecule has 0 aromatic heterocycles. The lowest BCUT2D eigenvalue weighted by molar-refractivity contribution is -0.120. The van der Waals surface area contributed by atoms with Gasteiger partial charge in [0.15, 0.2) is 5.78 Å². The normalized spacial score (nSPS) is 29.2. The van der Waals surface area contributed by atoms with Crippen LogP contribution >= 0.6 is 31.9 Å². The van der Waals surface area contributed by atoms with E-state index in [1.807, 2.05) is 24.3 Å². The quantitative estimate of drug-likeness (QED) is 0.465. The minimum atomic E-state index is -0.388. The molecule has 1 aliphatic carbocycles. The molecule has 0 aliphatic heterocycles. The summed E-state index contributed by atoms with van der Waals surface area (Å²) in [6.45, 7) is 6.37. The highest BCUT2D eigenvalue weighted by Crippen LogP contribution is 2.44. The molecule has 0 amide bonds. The van der Waals surface area contributed by atoms with Crippen LogP contribution in [0.4, 0.5) is 0 Å². The minimum absolute atomic E-state index is 0.258. The van der Waals surface area contributed by atoms with Crippen molar-refractivity contribution >= 4 is 43.7 Å². The second-order valence-corrected chi connectivity index (χ2v) is 8.27. The molecule has 1 nitrogen and oxygen atoms in total. The second-order valence-electron chi connectivity index (χ2n) is 5.94. The standard InChI is InChI=1S/C17H20Br2O/c1-11(2)17(19)9-8-12(3)15(16(17)20)10-13-4-6-14(18)7-5-13/h4-7,10-12H,8-9H2,1-3H3/b15-10+/t12-,17-/m1/s1. The van der Waals surface area contributed by atoms with Crippen LogP contribution in [0.15, 0.2) is 34.3 Å². The highest BCUT2D eigenvalue weighted by Gasteiger charge is 2.44. The first-order chi connectivity index (χ1) is 9.34. The lowest BCUT2D eigenvalue weighted by Crippen LogP contribution is -2.43. The predicted octanol–water partition coefficient (Wildman–Crippen LogP) is 5.62. The van der Waals surface area contributed by atoms with Crippen LogP contribution in [0.2, 0.25) is 0 Å². The first-order valence-corrected chi connectivity index (χ1v) is 8.64. The van der Waals surface area contributed by atoms with Crippen molar-refractivity contribution in [3.05, 3.63) is 39.9 Å². The van der Waals surface area contributed by atoms with Crippen LogP contribution in [0.1, 0.15) is 39.2 Å². The van der Waals surface area contributed by atoms with Crippen molar-refractivity contribution in [2.45, 2.75) is 37.9 Å². The fraction of sp³-hybridized carbons (Fsp3) is 0.471. The molecule has 1 saturated carbocycles. The van der Waals surface area contributed by atoms with Gasteiger partial charge in [0.25, 0.3) is 0 Å². The maximum Gasteiger partial charge on any atom is 0.176 e. The minimum Gasteiger partial charge on any atom is -0.293 e. The average molecular weight is 400 g/mol. The SMILES string of the molecule is CC(C)[C@]1(Br)CC[C@@H](C)/C(=C\c2ccc(Br)cc2)C1=O. The molecule has 3 heteroatoms. The largest absolute Gasteiger partial charge is 0.293 e. The molecule has 0 saturated heterocycles. The molecule has 1 aromatic rings. The number of ketones is 1. The zero-order valence-corrected chi connectivity index (χ0v) is 15.3. The maximum absolute atomic E-state index is 12.8. The Morgan fingerprint density at radius 3 is 2.45 bits per heavy atom. The number of hydrogen-bond acceptors (Lipinski definition) is 1. The fourth-order valence-corrected chi connectivity index (χ4v) is 3.38. The van der Waals surface area contributed by atoms with E-state index in [-0.39, 0.29) is 10.1 Å². The van der Waals surface area contributed by atoms with E-state index in [0.29, 0.717) is 11.8 Å². The van der Waals surface area contributed by atoms with Gasteiger partial charge in [-0.25, -0.2) is 0 Å². The van der Waals surface area contributed by atoms with Gasteiger partial charge in [-0.1, -0.05) is 64.8 Å². The highest BCUT2D eigenvalue weighted by molar-refractivity contribution is 9.10. The molecule has 2 atom stereocenters. The molecule has 1 aliphatic rings. The smallest absolute Gasteiger partial charge is 0.176 e. The van der Waals surface area contributed by atoms with Crippen LogP contribution in [-0.2, 0) is 4.79 Å². The van der Waals surface area contributed by atoms with Gasteiger partial charge in [0.2, 0.25) is 0 Å². The van der Waals surface area contributed by atoms with E-state index in [4.69, 9.17) is 0 Å². The molecule has 1 fully saturated rings. The first-order valence-electron chi connectivity index (χ1n) is 7.05.